The lowest BCUT2D eigenvalue weighted by Gasteiger charge is -2.15. The lowest BCUT2D eigenvalue weighted by atomic mass is 10.2. The first-order valence-electron chi connectivity index (χ1n) is 8.43. The van der Waals surface area contributed by atoms with E-state index in [2.05, 4.69) is 16.4 Å². The van der Waals surface area contributed by atoms with E-state index in [1.807, 2.05) is 32.0 Å². The molecule has 0 bridgehead atoms. The van der Waals surface area contributed by atoms with Gasteiger partial charge < -0.3 is 30.4 Å². The molecule has 150 valence electrons. The zero-order valence-electron chi connectivity index (χ0n) is 15.5. The van der Waals surface area contributed by atoms with Crippen molar-refractivity contribution in [3.05, 3.63) is 42.1 Å². The quantitative estimate of drug-likeness (QED) is 0.425. The maximum absolute atomic E-state index is 9.84. The van der Waals surface area contributed by atoms with Gasteiger partial charge in [-0.3, -0.25) is 0 Å². The molecule has 5 N–H and O–H groups in total. The van der Waals surface area contributed by atoms with Gasteiger partial charge in [-0.15, -0.1) is 0 Å². The highest BCUT2D eigenvalue weighted by Crippen LogP contribution is 2.26. The Kier molecular flexibility index (Phi) is 9.22. The molecule has 1 heterocycles. The lowest BCUT2D eigenvalue weighted by molar-refractivity contribution is -0.134. The second-order valence-corrected chi connectivity index (χ2v) is 6.05. The monoisotopic (exact) mass is 389 g/mol. The number of carboxylic acids is 2. The highest BCUT2D eigenvalue weighted by atomic mass is 16.5. The molecule has 1 atom stereocenters. The Hall–Kier alpha value is -3.35. The number of carbonyl (C=O) groups is 2. The second kappa shape index (κ2) is 11.4. The molecule has 0 radical (unpaired) electrons. The summed E-state index contributed by atoms with van der Waals surface area (Å²) in [5.74, 6) is -1.84. The maximum Gasteiger partial charge on any atom is 0.328 e. The number of nitriles is 1. The fourth-order valence-corrected chi connectivity index (χ4v) is 2.07. The Morgan fingerprint density at radius 3 is 2.46 bits per heavy atom. The van der Waals surface area contributed by atoms with E-state index in [0.717, 1.165) is 10.9 Å². The number of hydrogen-bond acceptors (Lipinski definition) is 6. The summed E-state index contributed by atoms with van der Waals surface area (Å²) in [5, 5.41) is 38.4. The van der Waals surface area contributed by atoms with Crippen LogP contribution in [0.4, 0.5) is 0 Å². The summed E-state index contributed by atoms with van der Waals surface area (Å²) in [5.41, 5.74) is 1.35. The Balaban J connectivity index is 0.000000416. The van der Waals surface area contributed by atoms with Crippen molar-refractivity contribution in [1.29, 1.82) is 5.26 Å². The molecule has 0 saturated carbocycles. The molecule has 2 rings (SSSR count). The highest BCUT2D eigenvalue weighted by molar-refractivity contribution is 5.89. The largest absolute Gasteiger partial charge is 0.490 e. The number of nitrogens with one attached hydrogen (secondary N) is 2. The number of aromatic amines is 1. The van der Waals surface area contributed by atoms with Gasteiger partial charge in [0.1, 0.15) is 30.2 Å². The van der Waals surface area contributed by atoms with Gasteiger partial charge in [-0.25, -0.2) is 9.59 Å². The van der Waals surface area contributed by atoms with E-state index in [1.165, 1.54) is 0 Å². The molecular formula is C19H23N3O6. The molecule has 1 aromatic heterocycles. The van der Waals surface area contributed by atoms with Gasteiger partial charge >= 0.3 is 11.9 Å². The molecule has 2 aromatic rings. The fraction of sp³-hybridized carbons (Fsp3) is 0.316. The molecule has 28 heavy (non-hydrogen) atoms. The van der Waals surface area contributed by atoms with E-state index in [4.69, 9.17) is 20.2 Å². The minimum Gasteiger partial charge on any atom is -0.490 e. The molecule has 9 nitrogen and oxygen atoms in total. The van der Waals surface area contributed by atoms with Crippen LogP contribution in [0.3, 0.4) is 0 Å². The number of aliphatic hydroxyl groups excluding tert-OH is 1. The van der Waals surface area contributed by atoms with Gasteiger partial charge in [0.25, 0.3) is 0 Å². The predicted molar refractivity (Wildman–Crippen MR) is 102 cm³/mol. The van der Waals surface area contributed by atoms with E-state index < -0.39 is 18.0 Å². The van der Waals surface area contributed by atoms with Crippen molar-refractivity contribution in [1.82, 2.24) is 10.3 Å². The Labute approximate surface area is 161 Å². The number of carboxylic acid groups (broad SMARTS) is 2. The fourth-order valence-electron chi connectivity index (χ4n) is 2.07. The number of hydrogen-bond donors (Lipinski definition) is 5. The van der Waals surface area contributed by atoms with Gasteiger partial charge in [-0.2, -0.15) is 5.26 Å². The number of nitrogens with zero attached hydrogens (tertiary/aromatic N) is 1. The third kappa shape index (κ3) is 8.35. The summed E-state index contributed by atoms with van der Waals surface area (Å²) < 4.78 is 5.65. The van der Waals surface area contributed by atoms with Crippen molar-refractivity contribution in [3.8, 4) is 11.8 Å². The van der Waals surface area contributed by atoms with Crippen molar-refractivity contribution >= 4 is 22.8 Å². The number of rotatable bonds is 8. The summed E-state index contributed by atoms with van der Waals surface area (Å²) in [6, 6.07) is 9.73. The lowest BCUT2D eigenvalue weighted by Crippen LogP contribution is -2.35. The summed E-state index contributed by atoms with van der Waals surface area (Å²) >= 11 is 0. The van der Waals surface area contributed by atoms with E-state index in [1.54, 1.807) is 6.07 Å². The van der Waals surface area contributed by atoms with Crippen LogP contribution in [-0.4, -0.2) is 57.5 Å². The van der Waals surface area contributed by atoms with Crippen LogP contribution in [0.1, 0.15) is 19.5 Å². The molecular weight excluding hydrogens is 366 g/mol. The van der Waals surface area contributed by atoms with Crippen LogP contribution in [-0.2, 0) is 9.59 Å². The second-order valence-electron chi connectivity index (χ2n) is 6.05. The number of H-pyrrole nitrogens is 1. The number of fused-ring (bicyclic) bond motifs is 1. The molecule has 0 aliphatic carbocycles. The average Bonchev–Trinajstić information content (AvgIpc) is 3.07. The van der Waals surface area contributed by atoms with Crippen molar-refractivity contribution in [3.63, 3.8) is 0 Å². The summed E-state index contributed by atoms with van der Waals surface area (Å²) in [6.45, 7) is 4.76. The van der Waals surface area contributed by atoms with Gasteiger partial charge in [0, 0.05) is 30.1 Å². The first-order chi connectivity index (χ1) is 13.2. The van der Waals surface area contributed by atoms with Crippen LogP contribution in [0.15, 0.2) is 36.4 Å². The summed E-state index contributed by atoms with van der Waals surface area (Å²) in [6.07, 6.45) is 0.548. The van der Waals surface area contributed by atoms with Gasteiger partial charge in [0.15, 0.2) is 0 Å². The molecule has 0 spiro atoms. The van der Waals surface area contributed by atoms with Crippen LogP contribution >= 0.6 is 0 Å². The van der Waals surface area contributed by atoms with Crippen LogP contribution in [0.25, 0.3) is 10.9 Å². The first kappa shape index (κ1) is 22.7. The van der Waals surface area contributed by atoms with Gasteiger partial charge in [0.05, 0.1) is 5.52 Å². The van der Waals surface area contributed by atoms with Crippen molar-refractivity contribution in [2.75, 3.05) is 13.2 Å². The number of ether oxygens (including phenoxy) is 1. The third-order valence-electron chi connectivity index (χ3n) is 3.31. The average molecular weight is 389 g/mol. The van der Waals surface area contributed by atoms with E-state index in [0.29, 0.717) is 36.2 Å². The third-order valence-corrected chi connectivity index (χ3v) is 3.31. The molecule has 0 aliphatic rings. The zero-order chi connectivity index (χ0) is 21.1. The molecule has 1 unspecified atom stereocenters. The van der Waals surface area contributed by atoms with Gasteiger partial charge in [-0.05, 0) is 18.2 Å². The minimum atomic E-state index is -1.26. The normalized spacial score (nSPS) is 11.7. The van der Waals surface area contributed by atoms with Crippen LogP contribution in [0.5, 0.6) is 5.75 Å². The van der Waals surface area contributed by atoms with Crippen LogP contribution < -0.4 is 10.1 Å². The SMILES string of the molecule is CC(C)NCC(O)COc1cccc2[nH]c(C#N)cc12.O=C(O)/C=C/C(=O)O. The zero-order valence-corrected chi connectivity index (χ0v) is 15.5. The molecule has 0 aliphatic heterocycles. The molecule has 1 aromatic carbocycles. The molecule has 9 heteroatoms. The number of benzene rings is 1. The summed E-state index contributed by atoms with van der Waals surface area (Å²) in [7, 11) is 0. The van der Waals surface area contributed by atoms with Crippen LogP contribution in [0.2, 0.25) is 0 Å². The van der Waals surface area contributed by atoms with E-state index in [9.17, 15) is 14.7 Å². The van der Waals surface area contributed by atoms with Crippen molar-refractivity contribution in [2.24, 2.45) is 0 Å². The number of aromatic nitrogens is 1. The smallest absolute Gasteiger partial charge is 0.328 e. The molecule has 0 saturated heterocycles. The predicted octanol–water partition coefficient (Wildman–Crippen LogP) is 1.49. The Morgan fingerprint density at radius 1 is 1.29 bits per heavy atom. The standard InChI is InChI=1S/C15H19N3O2.C4H4O4/c1-10(2)17-8-12(19)9-20-15-5-3-4-14-13(15)6-11(7-16)18-14;5-3(6)1-2-4(7)8/h3-6,10,12,17-19H,8-9H2,1-2H3;1-2H,(H,5,6)(H,7,8)/b;2-1+. The number of aliphatic carboxylic acids is 2. The summed E-state index contributed by atoms with van der Waals surface area (Å²) in [4.78, 5) is 22.1. The first-order valence-corrected chi connectivity index (χ1v) is 8.43. The van der Waals surface area contributed by atoms with Gasteiger partial charge in [0.2, 0.25) is 0 Å². The number of aliphatic hydroxyl groups is 1. The Morgan fingerprint density at radius 2 is 1.93 bits per heavy atom. The molecule has 0 fully saturated rings. The van der Waals surface area contributed by atoms with Crippen molar-refractivity contribution in [2.45, 2.75) is 26.0 Å². The molecule has 0 amide bonds. The van der Waals surface area contributed by atoms with E-state index >= 15 is 0 Å². The Bertz CT molecular complexity index is 850. The van der Waals surface area contributed by atoms with Gasteiger partial charge in [-0.1, -0.05) is 19.9 Å². The van der Waals surface area contributed by atoms with Crippen LogP contribution in [0, 0.1) is 11.3 Å². The maximum atomic E-state index is 9.84. The van der Waals surface area contributed by atoms with Crippen molar-refractivity contribution < 1.29 is 29.6 Å². The topological polar surface area (TPSA) is 156 Å². The highest BCUT2D eigenvalue weighted by Gasteiger charge is 2.09. The van der Waals surface area contributed by atoms with E-state index in [-0.39, 0.29) is 6.61 Å². The minimum absolute atomic E-state index is 0.214.